The van der Waals surface area contributed by atoms with Crippen LogP contribution in [0.3, 0.4) is 0 Å². The molecule has 0 bridgehead atoms. The van der Waals surface area contributed by atoms with Gasteiger partial charge in [-0.25, -0.2) is 9.78 Å². The van der Waals surface area contributed by atoms with E-state index in [0.717, 1.165) is 28.8 Å². The van der Waals surface area contributed by atoms with Gasteiger partial charge in [0.1, 0.15) is 0 Å². The summed E-state index contributed by atoms with van der Waals surface area (Å²) in [5.74, 6) is -0.136. The lowest BCUT2D eigenvalue weighted by Gasteiger charge is -2.38. The molecule has 0 aliphatic carbocycles. The van der Waals surface area contributed by atoms with Crippen LogP contribution in [-0.2, 0) is 6.54 Å². The Labute approximate surface area is 191 Å². The van der Waals surface area contributed by atoms with E-state index in [4.69, 9.17) is 16.6 Å². The minimum Gasteiger partial charge on any atom is -0.465 e. The minimum absolute atomic E-state index is 0.136. The highest BCUT2D eigenvalue weighted by Gasteiger charge is 2.30. The number of benzene rings is 2. The molecular weight excluding hydrogens is 428 g/mol. The normalized spacial score (nSPS) is 16.4. The molecule has 166 valence electrons. The zero-order chi connectivity index (χ0) is 22.8. The molecule has 1 aliphatic rings. The van der Waals surface area contributed by atoms with Crippen LogP contribution in [0.15, 0.2) is 48.5 Å². The second kappa shape index (κ2) is 9.14. The van der Waals surface area contributed by atoms with E-state index in [0.29, 0.717) is 35.7 Å². The van der Waals surface area contributed by atoms with Crippen LogP contribution >= 0.6 is 11.6 Å². The Kier molecular flexibility index (Phi) is 6.30. The van der Waals surface area contributed by atoms with E-state index in [9.17, 15) is 14.7 Å². The van der Waals surface area contributed by atoms with E-state index in [2.05, 4.69) is 11.4 Å². The SMILES string of the molecule is CNCc1cccc(-c2cc(Cl)c3ccc(C(=O)N4CCN(C(=O)O)C(C)C4)cc3n2)c1. The minimum atomic E-state index is -0.958. The summed E-state index contributed by atoms with van der Waals surface area (Å²) in [5, 5.41) is 13.8. The van der Waals surface area contributed by atoms with Crippen molar-refractivity contribution in [2.24, 2.45) is 0 Å². The molecule has 0 radical (unpaired) electrons. The van der Waals surface area contributed by atoms with E-state index in [1.807, 2.05) is 44.3 Å². The van der Waals surface area contributed by atoms with Gasteiger partial charge in [-0.1, -0.05) is 35.9 Å². The molecule has 7 nitrogen and oxygen atoms in total. The number of rotatable bonds is 4. The Hall–Kier alpha value is -3.16. The topological polar surface area (TPSA) is 85.8 Å². The van der Waals surface area contributed by atoms with Gasteiger partial charge < -0.3 is 20.2 Å². The van der Waals surface area contributed by atoms with Crippen LogP contribution in [0.5, 0.6) is 0 Å². The second-order valence-electron chi connectivity index (χ2n) is 8.03. The molecule has 4 rings (SSSR count). The van der Waals surface area contributed by atoms with Crippen LogP contribution in [0.25, 0.3) is 22.2 Å². The number of amides is 2. The zero-order valence-corrected chi connectivity index (χ0v) is 18.8. The van der Waals surface area contributed by atoms with E-state index in [1.54, 1.807) is 17.0 Å². The van der Waals surface area contributed by atoms with Gasteiger partial charge in [-0.3, -0.25) is 4.79 Å². The van der Waals surface area contributed by atoms with Gasteiger partial charge in [-0.2, -0.15) is 0 Å². The van der Waals surface area contributed by atoms with Crippen molar-refractivity contribution in [1.29, 1.82) is 0 Å². The van der Waals surface area contributed by atoms with Gasteiger partial charge in [-0.05, 0) is 43.8 Å². The fraction of sp³-hybridized carbons (Fsp3) is 0.292. The third-order valence-corrected chi connectivity index (χ3v) is 6.08. The number of halogens is 1. The molecular formula is C24H25ClN4O3. The highest BCUT2D eigenvalue weighted by molar-refractivity contribution is 6.35. The van der Waals surface area contributed by atoms with Crippen molar-refractivity contribution in [3.05, 3.63) is 64.7 Å². The number of nitrogens with zero attached hydrogens (tertiary/aromatic N) is 3. The van der Waals surface area contributed by atoms with Crippen molar-refractivity contribution in [2.75, 3.05) is 26.7 Å². The first kappa shape index (κ1) is 22.0. The predicted molar refractivity (Wildman–Crippen MR) is 125 cm³/mol. The fourth-order valence-corrected chi connectivity index (χ4v) is 4.38. The molecule has 0 saturated carbocycles. The van der Waals surface area contributed by atoms with E-state index < -0.39 is 6.09 Å². The van der Waals surface area contributed by atoms with Crippen molar-refractivity contribution in [3.8, 4) is 11.3 Å². The number of hydrogen-bond acceptors (Lipinski definition) is 4. The molecule has 2 aromatic carbocycles. The maximum atomic E-state index is 13.1. The molecule has 32 heavy (non-hydrogen) atoms. The van der Waals surface area contributed by atoms with Crippen molar-refractivity contribution in [2.45, 2.75) is 19.5 Å². The first-order chi connectivity index (χ1) is 15.4. The van der Waals surface area contributed by atoms with Crippen molar-refractivity contribution >= 4 is 34.5 Å². The standard InChI is InChI=1S/C24H25ClN4O3/c1-15-14-28(8-9-29(15)24(31)32)23(30)18-6-7-19-20(25)12-21(27-22(19)11-18)17-5-3-4-16(10-17)13-26-2/h3-7,10-12,15,26H,8-9,13-14H2,1-2H3,(H,31,32). The third-order valence-electron chi connectivity index (χ3n) is 5.77. The van der Waals surface area contributed by atoms with Gasteiger partial charge in [0.25, 0.3) is 5.91 Å². The Bertz CT molecular complexity index is 1180. The number of carbonyl (C=O) groups excluding carboxylic acids is 1. The highest BCUT2D eigenvalue weighted by Crippen LogP contribution is 2.29. The van der Waals surface area contributed by atoms with E-state index in [1.165, 1.54) is 4.90 Å². The summed E-state index contributed by atoms with van der Waals surface area (Å²) in [5.41, 5.74) is 4.00. The van der Waals surface area contributed by atoms with Crippen molar-refractivity contribution < 1.29 is 14.7 Å². The first-order valence-corrected chi connectivity index (χ1v) is 10.9. The summed E-state index contributed by atoms with van der Waals surface area (Å²) < 4.78 is 0. The summed E-state index contributed by atoms with van der Waals surface area (Å²) in [4.78, 5) is 32.2. The average molecular weight is 453 g/mol. The van der Waals surface area contributed by atoms with Gasteiger partial charge in [0.15, 0.2) is 0 Å². The lowest BCUT2D eigenvalue weighted by molar-refractivity contribution is 0.0507. The average Bonchev–Trinajstić information content (AvgIpc) is 2.78. The molecule has 0 spiro atoms. The smallest absolute Gasteiger partial charge is 0.407 e. The molecule has 1 aliphatic heterocycles. The van der Waals surface area contributed by atoms with Gasteiger partial charge in [0.2, 0.25) is 0 Å². The molecule has 1 aromatic heterocycles. The number of hydrogen-bond donors (Lipinski definition) is 2. The number of carbonyl (C=O) groups is 2. The highest BCUT2D eigenvalue weighted by atomic mass is 35.5. The van der Waals surface area contributed by atoms with Crippen LogP contribution < -0.4 is 5.32 Å². The molecule has 1 unspecified atom stereocenters. The van der Waals surface area contributed by atoms with Crippen LogP contribution in [0.4, 0.5) is 4.79 Å². The summed E-state index contributed by atoms with van der Waals surface area (Å²) in [6.07, 6.45) is -0.958. The zero-order valence-electron chi connectivity index (χ0n) is 18.0. The summed E-state index contributed by atoms with van der Waals surface area (Å²) in [6.45, 7) is 3.58. The monoisotopic (exact) mass is 452 g/mol. The summed E-state index contributed by atoms with van der Waals surface area (Å²) in [7, 11) is 1.90. The molecule has 1 atom stereocenters. The first-order valence-electron chi connectivity index (χ1n) is 10.5. The molecule has 1 fully saturated rings. The molecule has 2 N–H and O–H groups in total. The van der Waals surface area contributed by atoms with Crippen LogP contribution in [-0.4, -0.2) is 64.6 Å². The van der Waals surface area contributed by atoms with E-state index in [-0.39, 0.29) is 11.9 Å². The summed E-state index contributed by atoms with van der Waals surface area (Å²) in [6, 6.07) is 15.0. The van der Waals surface area contributed by atoms with E-state index >= 15 is 0 Å². The third kappa shape index (κ3) is 4.40. The van der Waals surface area contributed by atoms with Crippen LogP contribution in [0.2, 0.25) is 5.02 Å². The Morgan fingerprint density at radius 2 is 2.00 bits per heavy atom. The Morgan fingerprint density at radius 3 is 2.72 bits per heavy atom. The maximum absolute atomic E-state index is 13.1. The molecule has 1 saturated heterocycles. The quantitative estimate of drug-likeness (QED) is 0.622. The fourth-order valence-electron chi connectivity index (χ4n) is 4.12. The van der Waals surface area contributed by atoms with Crippen LogP contribution in [0.1, 0.15) is 22.8 Å². The number of aromatic nitrogens is 1. The van der Waals surface area contributed by atoms with Crippen molar-refractivity contribution in [1.82, 2.24) is 20.1 Å². The predicted octanol–water partition coefficient (Wildman–Crippen LogP) is 4.10. The number of carboxylic acid groups (broad SMARTS) is 1. The molecule has 3 aromatic rings. The summed E-state index contributed by atoms with van der Waals surface area (Å²) >= 11 is 6.55. The lowest BCUT2D eigenvalue weighted by Crippen LogP contribution is -2.55. The second-order valence-corrected chi connectivity index (χ2v) is 8.44. The Morgan fingerprint density at radius 1 is 1.19 bits per heavy atom. The number of piperazine rings is 1. The number of fused-ring (bicyclic) bond motifs is 1. The molecule has 8 heteroatoms. The Balaban J connectivity index is 1.64. The number of nitrogens with one attached hydrogen (secondary N) is 1. The van der Waals surface area contributed by atoms with Crippen LogP contribution in [0, 0.1) is 0 Å². The van der Waals surface area contributed by atoms with Gasteiger partial charge >= 0.3 is 6.09 Å². The van der Waals surface area contributed by atoms with Gasteiger partial charge in [0.05, 0.1) is 16.2 Å². The largest absolute Gasteiger partial charge is 0.465 e. The van der Waals surface area contributed by atoms with Gasteiger partial charge in [-0.15, -0.1) is 0 Å². The van der Waals surface area contributed by atoms with Crippen molar-refractivity contribution in [3.63, 3.8) is 0 Å². The molecule has 2 heterocycles. The van der Waals surface area contributed by atoms with Gasteiger partial charge in [0, 0.05) is 48.7 Å². The number of pyridine rings is 1. The maximum Gasteiger partial charge on any atom is 0.407 e. The molecule has 2 amide bonds. The lowest BCUT2D eigenvalue weighted by atomic mass is 10.0.